The second-order valence-corrected chi connectivity index (χ2v) is 7.03. The molecular weight excluding hydrogens is 426 g/mol. The smallest absolute Gasteiger partial charge is 0.549 e. The van der Waals surface area contributed by atoms with Gasteiger partial charge in [-0.15, -0.1) is 11.6 Å². The first-order valence-electron chi connectivity index (χ1n) is 9.52. The maximum atomic E-state index is 13.1. The minimum absolute atomic E-state index is 0. The summed E-state index contributed by atoms with van der Waals surface area (Å²) < 4.78 is 24.3. The summed E-state index contributed by atoms with van der Waals surface area (Å²) in [5.74, 6) is 0.732. The van der Waals surface area contributed by atoms with Crippen LogP contribution in [0, 0.1) is 29.6 Å². The van der Waals surface area contributed by atoms with Crippen LogP contribution < -0.4 is 4.74 Å². The van der Waals surface area contributed by atoms with Crippen LogP contribution in [0.1, 0.15) is 18.3 Å². The van der Waals surface area contributed by atoms with E-state index in [9.17, 15) is 4.39 Å². The molecular formula is C22H21FMnN4O2. The van der Waals surface area contributed by atoms with Crippen molar-refractivity contribution in [2.24, 2.45) is 0 Å². The molecule has 3 heterocycles. The zero-order valence-electron chi connectivity index (χ0n) is 16.4. The summed E-state index contributed by atoms with van der Waals surface area (Å²) >= 11 is 0. The predicted octanol–water partition coefficient (Wildman–Crippen LogP) is 3.09. The topological polar surface area (TPSA) is 74.2 Å². The Kier molecular flexibility index (Phi) is 7.35. The fraction of sp³-hybridized carbons (Fsp3) is 0.318. The fourth-order valence-corrected chi connectivity index (χ4v) is 3.50. The van der Waals surface area contributed by atoms with E-state index in [2.05, 4.69) is 34.3 Å². The number of ether oxygens (including phenoxy) is 2. The number of nitriles is 1. The average molecular weight is 447 g/mol. The Hall–Kier alpha value is -2.56. The van der Waals surface area contributed by atoms with Gasteiger partial charge in [-0.05, 0) is 24.0 Å². The summed E-state index contributed by atoms with van der Waals surface area (Å²) in [6.45, 7) is 5.27. The number of halogens is 1. The van der Waals surface area contributed by atoms with Gasteiger partial charge >= 0.3 is 17.1 Å². The van der Waals surface area contributed by atoms with Gasteiger partial charge < -0.3 is 14.5 Å². The van der Waals surface area contributed by atoms with Crippen LogP contribution in [-0.4, -0.2) is 53.3 Å². The van der Waals surface area contributed by atoms with Crippen molar-refractivity contribution in [2.45, 2.75) is 19.1 Å². The number of nitrogens with zero attached hydrogens (tertiary/aromatic N) is 3. The monoisotopic (exact) mass is 447 g/mol. The van der Waals surface area contributed by atoms with Gasteiger partial charge in [-0.3, -0.25) is 9.88 Å². The van der Waals surface area contributed by atoms with Crippen molar-refractivity contribution < 1.29 is 30.9 Å². The molecule has 30 heavy (non-hydrogen) atoms. The van der Waals surface area contributed by atoms with Gasteiger partial charge in [0.2, 0.25) is 0 Å². The maximum Gasteiger partial charge on any atom is 2.00 e. The molecule has 2 aromatic carbocycles. The van der Waals surface area contributed by atoms with Gasteiger partial charge in [0.1, 0.15) is 11.9 Å². The zero-order valence-corrected chi connectivity index (χ0v) is 17.6. The first-order valence-corrected chi connectivity index (χ1v) is 9.52. The molecule has 2 aliphatic rings. The molecule has 0 unspecified atom stereocenters. The van der Waals surface area contributed by atoms with Crippen LogP contribution in [0.25, 0.3) is 11.0 Å². The number of rotatable bonds is 1. The van der Waals surface area contributed by atoms with E-state index in [1.807, 2.05) is 18.2 Å². The summed E-state index contributed by atoms with van der Waals surface area (Å²) in [5, 5.41) is 8.48. The number of hydrogen-bond acceptors (Lipinski definition) is 5. The molecule has 155 valence electrons. The Labute approximate surface area is 185 Å². The van der Waals surface area contributed by atoms with Crippen molar-refractivity contribution >= 4 is 11.0 Å². The molecule has 0 amide bonds. The Bertz CT molecular complexity index is 1000. The largest absolute Gasteiger partial charge is 2.00 e. The SMILES string of the molecule is C[C@@H]1CN([C@@H]2[CH-]c3ccc(F)cc3OC2)CCO1.N#Cc1nc2ccc[c-]c2[nH]1.[Mn+2]. The Balaban J connectivity index is 0.000000184. The molecule has 0 aliphatic carbocycles. The number of fused-ring (bicyclic) bond motifs is 2. The van der Waals surface area contributed by atoms with Crippen molar-refractivity contribution in [3.05, 3.63) is 66.1 Å². The molecule has 1 radical (unpaired) electrons. The third-order valence-corrected chi connectivity index (χ3v) is 4.91. The summed E-state index contributed by atoms with van der Waals surface area (Å²) in [5.41, 5.74) is 2.54. The summed E-state index contributed by atoms with van der Waals surface area (Å²) in [6.07, 6.45) is 2.43. The van der Waals surface area contributed by atoms with Crippen LogP contribution in [-0.2, 0) is 21.8 Å². The van der Waals surface area contributed by atoms with E-state index in [1.165, 1.54) is 12.1 Å². The van der Waals surface area contributed by atoms with Crippen LogP contribution in [0.4, 0.5) is 4.39 Å². The van der Waals surface area contributed by atoms with Gasteiger partial charge in [-0.2, -0.15) is 35.9 Å². The number of para-hydroxylation sites is 1. The minimum Gasteiger partial charge on any atom is -0.549 e. The molecule has 8 heteroatoms. The first kappa shape index (κ1) is 22.1. The molecule has 0 saturated carbocycles. The molecule has 1 aromatic heterocycles. The molecule has 2 atom stereocenters. The van der Waals surface area contributed by atoms with Gasteiger partial charge in [0, 0.05) is 24.9 Å². The van der Waals surface area contributed by atoms with Crippen molar-refractivity contribution in [1.82, 2.24) is 14.9 Å². The maximum absolute atomic E-state index is 13.1. The van der Waals surface area contributed by atoms with E-state index in [0.717, 1.165) is 36.3 Å². The van der Waals surface area contributed by atoms with E-state index in [1.54, 1.807) is 12.1 Å². The van der Waals surface area contributed by atoms with Crippen molar-refractivity contribution in [3.8, 4) is 11.8 Å². The number of benzene rings is 2. The second kappa shape index (κ2) is 9.96. The van der Waals surface area contributed by atoms with Crippen molar-refractivity contribution in [3.63, 3.8) is 0 Å². The van der Waals surface area contributed by atoms with Gasteiger partial charge in [-0.1, -0.05) is 6.07 Å². The quantitative estimate of drug-likeness (QED) is 0.459. The first-order chi connectivity index (χ1) is 14.1. The molecule has 6 nitrogen and oxygen atoms in total. The summed E-state index contributed by atoms with van der Waals surface area (Å²) in [7, 11) is 0. The number of aromatic amines is 1. The molecule has 1 fully saturated rings. The van der Waals surface area contributed by atoms with Gasteiger partial charge in [0.15, 0.2) is 5.82 Å². The van der Waals surface area contributed by atoms with E-state index < -0.39 is 0 Å². The van der Waals surface area contributed by atoms with Crippen molar-refractivity contribution in [1.29, 1.82) is 5.26 Å². The minimum atomic E-state index is -0.249. The number of H-pyrrole nitrogens is 1. The number of hydrogen-bond donors (Lipinski definition) is 1. The predicted molar refractivity (Wildman–Crippen MR) is 106 cm³/mol. The second-order valence-electron chi connectivity index (χ2n) is 7.03. The van der Waals surface area contributed by atoms with Crippen LogP contribution in [0.5, 0.6) is 5.75 Å². The van der Waals surface area contributed by atoms with Gasteiger partial charge in [0.25, 0.3) is 0 Å². The molecule has 0 spiro atoms. The molecule has 5 rings (SSSR count). The van der Waals surface area contributed by atoms with E-state index in [4.69, 9.17) is 14.7 Å². The van der Waals surface area contributed by atoms with Gasteiger partial charge in [-0.25, -0.2) is 4.39 Å². The standard InChI is InChI=1S/C14H17FNO2.C8H4N3.Mn/c1-10-8-16(4-5-17-10)13-6-11-2-3-12(15)7-14(11)18-9-13;9-5-8-10-6-3-1-2-4-7(6)11-8;/h2-3,6-7,10,13H,4-5,8-9H2,1H3;1-3H,(H,10,11);/q2*-1;+2/t10-,13-;;/m1../s1. The molecule has 3 aromatic rings. The number of imidazole rings is 1. The summed E-state index contributed by atoms with van der Waals surface area (Å²) in [4.78, 5) is 9.16. The number of morpholine rings is 1. The summed E-state index contributed by atoms with van der Waals surface area (Å²) in [6, 6.07) is 15.3. The van der Waals surface area contributed by atoms with E-state index >= 15 is 0 Å². The fourth-order valence-electron chi connectivity index (χ4n) is 3.50. The Morgan fingerprint density at radius 2 is 2.27 bits per heavy atom. The van der Waals surface area contributed by atoms with Crippen LogP contribution in [0.3, 0.4) is 0 Å². The number of nitrogens with one attached hydrogen (secondary N) is 1. The van der Waals surface area contributed by atoms with E-state index in [0.29, 0.717) is 18.2 Å². The Morgan fingerprint density at radius 1 is 1.40 bits per heavy atom. The third-order valence-electron chi connectivity index (χ3n) is 4.91. The third kappa shape index (κ3) is 5.13. The van der Waals surface area contributed by atoms with Crippen LogP contribution in [0.2, 0.25) is 0 Å². The van der Waals surface area contributed by atoms with Crippen LogP contribution in [0.15, 0.2) is 36.4 Å². The Morgan fingerprint density at radius 3 is 3.03 bits per heavy atom. The average Bonchev–Trinajstić information content (AvgIpc) is 3.17. The molecule has 0 bridgehead atoms. The zero-order chi connectivity index (χ0) is 20.2. The van der Waals surface area contributed by atoms with Gasteiger partial charge in [0.05, 0.1) is 19.3 Å². The van der Waals surface area contributed by atoms with Crippen molar-refractivity contribution in [2.75, 3.05) is 26.3 Å². The number of aromatic nitrogens is 2. The molecule has 2 aliphatic heterocycles. The van der Waals surface area contributed by atoms with Crippen LogP contribution >= 0.6 is 0 Å². The molecule has 1 saturated heterocycles. The normalized spacial score (nSPS) is 20.4. The molecule has 1 N–H and O–H groups in total. The van der Waals surface area contributed by atoms with E-state index in [-0.39, 0.29) is 35.0 Å².